The molecule has 128 valence electrons. The van der Waals surface area contributed by atoms with E-state index in [0.717, 1.165) is 36.6 Å². The number of hydrogen-bond donors (Lipinski definition) is 2. The van der Waals surface area contributed by atoms with Crippen molar-refractivity contribution in [3.63, 3.8) is 0 Å². The summed E-state index contributed by atoms with van der Waals surface area (Å²) in [7, 11) is 0. The number of alkyl carbamates (subject to hydrolysis) is 1. The average molecular weight is 330 g/mol. The molecule has 1 atom stereocenters. The van der Waals surface area contributed by atoms with Crippen LogP contribution in [0.5, 0.6) is 5.75 Å². The minimum absolute atomic E-state index is 0.0458. The van der Waals surface area contributed by atoms with E-state index in [4.69, 9.17) is 9.47 Å². The fourth-order valence-corrected chi connectivity index (χ4v) is 2.93. The van der Waals surface area contributed by atoms with Crippen LogP contribution in [0.25, 0.3) is 10.9 Å². The Morgan fingerprint density at radius 2 is 1.96 bits per heavy atom. The highest BCUT2D eigenvalue weighted by atomic mass is 16.6. The molecule has 0 spiro atoms. The van der Waals surface area contributed by atoms with E-state index < -0.39 is 18.1 Å². The molecule has 0 aliphatic heterocycles. The van der Waals surface area contributed by atoms with Crippen LogP contribution in [0.15, 0.2) is 30.5 Å². The third-order valence-electron chi connectivity index (χ3n) is 4.28. The molecule has 24 heavy (non-hydrogen) atoms. The van der Waals surface area contributed by atoms with Gasteiger partial charge in [-0.05, 0) is 44.7 Å². The number of aromatic nitrogens is 1. The van der Waals surface area contributed by atoms with Gasteiger partial charge in [-0.25, -0.2) is 9.59 Å². The van der Waals surface area contributed by atoms with Crippen molar-refractivity contribution in [2.24, 2.45) is 0 Å². The third kappa shape index (κ3) is 3.88. The zero-order valence-electron chi connectivity index (χ0n) is 13.7. The molecular formula is C18H22N2O4. The van der Waals surface area contributed by atoms with Crippen molar-refractivity contribution < 1.29 is 19.1 Å². The van der Waals surface area contributed by atoms with E-state index in [9.17, 15) is 9.59 Å². The zero-order valence-corrected chi connectivity index (χ0v) is 13.7. The maximum atomic E-state index is 12.2. The summed E-state index contributed by atoms with van der Waals surface area (Å²) in [5, 5.41) is 3.36. The van der Waals surface area contributed by atoms with Gasteiger partial charge < -0.3 is 19.8 Å². The van der Waals surface area contributed by atoms with Gasteiger partial charge in [0.05, 0.1) is 0 Å². The number of aromatic amines is 1. The first-order valence-electron chi connectivity index (χ1n) is 8.38. The second-order valence-electron chi connectivity index (χ2n) is 6.15. The fourth-order valence-electron chi connectivity index (χ4n) is 2.93. The van der Waals surface area contributed by atoms with Crippen LogP contribution in [0, 0.1) is 0 Å². The number of nitrogens with one attached hydrogen (secondary N) is 2. The van der Waals surface area contributed by atoms with Gasteiger partial charge in [0, 0.05) is 17.1 Å². The molecular weight excluding hydrogens is 308 g/mol. The minimum Gasteiger partial charge on any atom is -0.446 e. The van der Waals surface area contributed by atoms with E-state index in [1.54, 1.807) is 13.1 Å². The number of fused-ring (bicyclic) bond motifs is 1. The molecule has 1 aromatic carbocycles. The van der Waals surface area contributed by atoms with Crippen LogP contribution in [0.1, 0.15) is 39.0 Å². The quantitative estimate of drug-likeness (QED) is 0.841. The topological polar surface area (TPSA) is 80.4 Å². The Labute approximate surface area is 140 Å². The Kier molecular flexibility index (Phi) is 5.03. The third-order valence-corrected chi connectivity index (χ3v) is 4.28. The van der Waals surface area contributed by atoms with Crippen LogP contribution in [0.3, 0.4) is 0 Å². The summed E-state index contributed by atoms with van der Waals surface area (Å²) in [5.41, 5.74) is 0.887. The maximum absolute atomic E-state index is 12.2. The van der Waals surface area contributed by atoms with Gasteiger partial charge in [-0.15, -0.1) is 0 Å². The van der Waals surface area contributed by atoms with Crippen LogP contribution >= 0.6 is 0 Å². The van der Waals surface area contributed by atoms with E-state index >= 15 is 0 Å². The zero-order chi connectivity index (χ0) is 16.9. The van der Waals surface area contributed by atoms with Crippen LogP contribution < -0.4 is 10.1 Å². The Morgan fingerprint density at radius 3 is 2.75 bits per heavy atom. The summed E-state index contributed by atoms with van der Waals surface area (Å²) in [5.74, 6) is -0.0785. The van der Waals surface area contributed by atoms with Crippen molar-refractivity contribution in [3.8, 4) is 5.75 Å². The van der Waals surface area contributed by atoms with Gasteiger partial charge >= 0.3 is 12.1 Å². The van der Waals surface area contributed by atoms with Crippen molar-refractivity contribution in [1.29, 1.82) is 0 Å². The number of hydrogen-bond acceptors (Lipinski definition) is 4. The first kappa shape index (κ1) is 16.4. The van der Waals surface area contributed by atoms with Crippen LogP contribution in [-0.2, 0) is 9.53 Å². The lowest BCUT2D eigenvalue weighted by atomic mass is 9.98. The molecule has 0 unspecified atom stereocenters. The van der Waals surface area contributed by atoms with Crippen LogP contribution in [0.2, 0.25) is 0 Å². The second kappa shape index (κ2) is 7.38. The monoisotopic (exact) mass is 330 g/mol. The van der Waals surface area contributed by atoms with Gasteiger partial charge in [0.1, 0.15) is 12.1 Å². The molecule has 1 fully saturated rings. The molecule has 1 heterocycles. The number of para-hydroxylation sites is 1. The summed E-state index contributed by atoms with van der Waals surface area (Å²) >= 11 is 0. The lowest BCUT2D eigenvalue weighted by Gasteiger charge is -2.22. The lowest BCUT2D eigenvalue weighted by Crippen LogP contribution is -2.42. The Bertz CT molecular complexity index is 719. The van der Waals surface area contributed by atoms with Gasteiger partial charge in [-0.3, -0.25) is 0 Å². The molecule has 1 amide bonds. The van der Waals surface area contributed by atoms with E-state index in [1.807, 2.05) is 24.3 Å². The van der Waals surface area contributed by atoms with E-state index in [2.05, 4.69) is 10.3 Å². The van der Waals surface area contributed by atoms with Crippen LogP contribution in [-0.4, -0.2) is 29.2 Å². The highest BCUT2D eigenvalue weighted by Gasteiger charge is 2.23. The fraction of sp³-hybridized carbons (Fsp3) is 0.444. The first-order chi connectivity index (χ1) is 11.6. The molecule has 1 saturated carbocycles. The molecule has 6 heteroatoms. The standard InChI is InChI=1S/C18H22N2O4/c1-12(20-18(22)23-13-7-3-2-4-8-13)17(21)24-16-11-19-15-10-6-5-9-14(15)16/h5-6,9-13,19H,2-4,7-8H2,1H3,(H,20,22)/t12-/m0/s1. The predicted molar refractivity (Wildman–Crippen MR) is 89.9 cm³/mol. The number of carbonyl (C=O) groups excluding carboxylic acids is 2. The molecule has 0 radical (unpaired) electrons. The molecule has 3 rings (SSSR count). The van der Waals surface area contributed by atoms with Crippen molar-refractivity contribution in [3.05, 3.63) is 30.5 Å². The molecule has 2 aromatic rings. The number of carbonyl (C=O) groups is 2. The highest BCUT2D eigenvalue weighted by Crippen LogP contribution is 2.25. The first-order valence-corrected chi connectivity index (χ1v) is 8.38. The number of amides is 1. The van der Waals surface area contributed by atoms with E-state index in [1.165, 1.54) is 6.42 Å². The van der Waals surface area contributed by atoms with Gasteiger partial charge in [0.25, 0.3) is 0 Å². The SMILES string of the molecule is C[C@H](NC(=O)OC1CCCCC1)C(=O)Oc1c[nH]c2ccccc12. The summed E-state index contributed by atoms with van der Waals surface area (Å²) in [6.45, 7) is 1.58. The van der Waals surface area contributed by atoms with Crippen molar-refractivity contribution in [2.45, 2.75) is 51.2 Å². The van der Waals surface area contributed by atoms with Gasteiger partial charge in [0.15, 0.2) is 5.75 Å². The van der Waals surface area contributed by atoms with Crippen LogP contribution in [0.4, 0.5) is 4.79 Å². The number of rotatable bonds is 4. The number of H-pyrrole nitrogens is 1. The van der Waals surface area contributed by atoms with E-state index in [-0.39, 0.29) is 6.10 Å². The smallest absolute Gasteiger partial charge is 0.408 e. The second-order valence-corrected chi connectivity index (χ2v) is 6.15. The maximum Gasteiger partial charge on any atom is 0.408 e. The Morgan fingerprint density at radius 1 is 1.21 bits per heavy atom. The Hall–Kier alpha value is -2.50. The molecule has 0 saturated heterocycles. The van der Waals surface area contributed by atoms with Crippen molar-refractivity contribution in [2.75, 3.05) is 0 Å². The van der Waals surface area contributed by atoms with E-state index in [0.29, 0.717) is 5.75 Å². The molecule has 1 aliphatic rings. The summed E-state index contributed by atoms with van der Waals surface area (Å²) < 4.78 is 10.7. The van der Waals surface area contributed by atoms with Gasteiger partial charge in [-0.2, -0.15) is 0 Å². The summed E-state index contributed by atoms with van der Waals surface area (Å²) in [4.78, 5) is 27.1. The molecule has 6 nitrogen and oxygen atoms in total. The minimum atomic E-state index is -0.783. The summed E-state index contributed by atoms with van der Waals surface area (Å²) in [6.07, 6.45) is 6.15. The largest absolute Gasteiger partial charge is 0.446 e. The average Bonchev–Trinajstić information content (AvgIpc) is 2.99. The predicted octanol–water partition coefficient (Wildman–Crippen LogP) is 3.52. The number of ether oxygens (including phenoxy) is 2. The number of esters is 1. The lowest BCUT2D eigenvalue weighted by molar-refractivity contribution is -0.136. The van der Waals surface area contributed by atoms with Crippen molar-refractivity contribution >= 4 is 23.0 Å². The summed E-state index contributed by atoms with van der Waals surface area (Å²) in [6, 6.07) is 6.75. The van der Waals surface area contributed by atoms with Gasteiger partial charge in [-0.1, -0.05) is 18.6 Å². The van der Waals surface area contributed by atoms with Gasteiger partial charge in [0.2, 0.25) is 0 Å². The normalized spacial score (nSPS) is 16.5. The number of benzene rings is 1. The highest BCUT2D eigenvalue weighted by molar-refractivity contribution is 5.90. The molecule has 0 bridgehead atoms. The molecule has 1 aliphatic carbocycles. The Balaban J connectivity index is 1.53. The van der Waals surface area contributed by atoms with Crippen molar-refractivity contribution in [1.82, 2.24) is 10.3 Å². The molecule has 1 aromatic heterocycles. The molecule has 2 N–H and O–H groups in total.